The molecule has 4 atom stereocenters. The maximum Gasteiger partial charge on any atom is 0.0464 e. The SMILES string of the molecule is C[C@H](CO)[C@H]1CC[C@@H](C)[C@H]1CO. The average Bonchev–Trinajstić information content (AvgIpc) is 2.45. The van der Waals surface area contributed by atoms with Crippen LogP contribution in [0.1, 0.15) is 26.7 Å². The Bertz CT molecular complexity index is 136. The molecule has 0 amide bonds. The molecule has 0 unspecified atom stereocenters. The summed E-state index contributed by atoms with van der Waals surface area (Å²) in [4.78, 5) is 0. The molecule has 1 aliphatic rings. The summed E-state index contributed by atoms with van der Waals surface area (Å²) in [6.07, 6.45) is 2.38. The van der Waals surface area contributed by atoms with E-state index >= 15 is 0 Å². The van der Waals surface area contributed by atoms with Crippen LogP contribution in [0.15, 0.2) is 0 Å². The summed E-state index contributed by atoms with van der Waals surface area (Å²) in [6, 6.07) is 0. The Hall–Kier alpha value is -0.0800. The summed E-state index contributed by atoms with van der Waals surface area (Å²) >= 11 is 0. The van der Waals surface area contributed by atoms with Crippen molar-refractivity contribution >= 4 is 0 Å². The van der Waals surface area contributed by atoms with Crippen molar-refractivity contribution in [3.63, 3.8) is 0 Å². The molecule has 0 aromatic carbocycles. The quantitative estimate of drug-likeness (QED) is 0.673. The molecule has 0 bridgehead atoms. The van der Waals surface area contributed by atoms with E-state index < -0.39 is 0 Å². The third-order valence-electron chi connectivity index (χ3n) is 3.47. The van der Waals surface area contributed by atoms with Gasteiger partial charge in [0.1, 0.15) is 0 Å². The fraction of sp³-hybridized carbons (Fsp3) is 1.00. The molecule has 0 aromatic rings. The normalized spacial score (nSPS) is 38.5. The lowest BCUT2D eigenvalue weighted by atomic mass is 9.83. The lowest BCUT2D eigenvalue weighted by molar-refractivity contribution is 0.108. The van der Waals surface area contributed by atoms with Crippen LogP contribution in [0.4, 0.5) is 0 Å². The van der Waals surface area contributed by atoms with E-state index in [0.717, 1.165) is 0 Å². The van der Waals surface area contributed by atoms with Crippen LogP contribution >= 0.6 is 0 Å². The fourth-order valence-electron chi connectivity index (χ4n) is 2.46. The van der Waals surface area contributed by atoms with Gasteiger partial charge in [-0.15, -0.1) is 0 Å². The molecule has 0 aliphatic heterocycles. The van der Waals surface area contributed by atoms with E-state index in [1.165, 1.54) is 12.8 Å². The van der Waals surface area contributed by atoms with Gasteiger partial charge in [0.15, 0.2) is 0 Å². The average molecular weight is 172 g/mol. The van der Waals surface area contributed by atoms with Gasteiger partial charge in [0, 0.05) is 13.2 Å². The Morgan fingerprint density at radius 2 is 2.00 bits per heavy atom. The Kier molecular flexibility index (Phi) is 3.53. The number of hydrogen-bond acceptors (Lipinski definition) is 2. The van der Waals surface area contributed by atoms with E-state index in [-0.39, 0.29) is 13.2 Å². The molecule has 12 heavy (non-hydrogen) atoms. The maximum absolute atomic E-state index is 9.17. The molecular weight excluding hydrogens is 152 g/mol. The minimum absolute atomic E-state index is 0.258. The zero-order valence-corrected chi connectivity index (χ0v) is 8.03. The van der Waals surface area contributed by atoms with Gasteiger partial charge in [-0.05, 0) is 30.1 Å². The molecule has 0 aromatic heterocycles. The summed E-state index contributed by atoms with van der Waals surface area (Å²) in [6.45, 7) is 4.82. The van der Waals surface area contributed by atoms with Crippen molar-refractivity contribution in [2.24, 2.45) is 23.7 Å². The predicted octanol–water partition coefficient (Wildman–Crippen LogP) is 1.27. The third kappa shape index (κ3) is 1.80. The highest BCUT2D eigenvalue weighted by Gasteiger charge is 2.35. The molecule has 0 saturated heterocycles. The molecule has 1 fully saturated rings. The molecular formula is C10H20O2. The second kappa shape index (κ2) is 4.24. The molecule has 1 aliphatic carbocycles. The molecule has 72 valence electrons. The Balaban J connectivity index is 2.53. The molecule has 2 N–H and O–H groups in total. The number of aliphatic hydroxyl groups excluding tert-OH is 2. The standard InChI is InChI=1S/C10H20O2/c1-7-3-4-9(8(2)5-11)10(7)6-12/h7-12H,3-6H2,1-2H3/t7-,8-,9-,10-/m1/s1. The molecule has 1 rings (SSSR count). The first-order valence-corrected chi connectivity index (χ1v) is 4.92. The van der Waals surface area contributed by atoms with Crippen molar-refractivity contribution in [1.29, 1.82) is 0 Å². The maximum atomic E-state index is 9.17. The van der Waals surface area contributed by atoms with Gasteiger partial charge < -0.3 is 10.2 Å². The van der Waals surface area contributed by atoms with Gasteiger partial charge in [-0.1, -0.05) is 20.3 Å². The van der Waals surface area contributed by atoms with E-state index in [4.69, 9.17) is 10.2 Å². The topological polar surface area (TPSA) is 40.5 Å². The highest BCUT2D eigenvalue weighted by molar-refractivity contribution is 4.84. The smallest absolute Gasteiger partial charge is 0.0464 e. The number of rotatable bonds is 3. The third-order valence-corrected chi connectivity index (χ3v) is 3.47. The van der Waals surface area contributed by atoms with Crippen LogP contribution < -0.4 is 0 Å². The largest absolute Gasteiger partial charge is 0.396 e. The Morgan fingerprint density at radius 3 is 2.50 bits per heavy atom. The molecule has 0 radical (unpaired) electrons. The van der Waals surface area contributed by atoms with Crippen molar-refractivity contribution in [2.45, 2.75) is 26.7 Å². The molecule has 0 heterocycles. The van der Waals surface area contributed by atoms with Crippen molar-refractivity contribution in [1.82, 2.24) is 0 Å². The summed E-state index contributed by atoms with van der Waals surface area (Å²) in [5.74, 6) is 1.95. The highest BCUT2D eigenvalue weighted by Crippen LogP contribution is 2.40. The highest BCUT2D eigenvalue weighted by atomic mass is 16.3. The minimum atomic E-state index is 0.258. The van der Waals surface area contributed by atoms with Gasteiger partial charge in [-0.25, -0.2) is 0 Å². The number of hydrogen-bond donors (Lipinski definition) is 2. The molecule has 2 nitrogen and oxygen atoms in total. The van der Waals surface area contributed by atoms with Crippen LogP contribution in [-0.4, -0.2) is 23.4 Å². The van der Waals surface area contributed by atoms with Gasteiger partial charge >= 0.3 is 0 Å². The van der Waals surface area contributed by atoms with Crippen molar-refractivity contribution in [3.05, 3.63) is 0 Å². The van der Waals surface area contributed by atoms with Gasteiger partial charge in [-0.3, -0.25) is 0 Å². The molecule has 1 saturated carbocycles. The first-order valence-electron chi connectivity index (χ1n) is 4.92. The van der Waals surface area contributed by atoms with Crippen LogP contribution in [0, 0.1) is 23.7 Å². The van der Waals surface area contributed by atoms with Crippen molar-refractivity contribution in [3.8, 4) is 0 Å². The van der Waals surface area contributed by atoms with E-state index in [2.05, 4.69) is 13.8 Å². The lowest BCUT2D eigenvalue weighted by Gasteiger charge is -2.24. The Labute approximate surface area is 74.6 Å². The predicted molar refractivity (Wildman–Crippen MR) is 48.7 cm³/mol. The van der Waals surface area contributed by atoms with Gasteiger partial charge in [-0.2, -0.15) is 0 Å². The van der Waals surface area contributed by atoms with Gasteiger partial charge in [0.25, 0.3) is 0 Å². The molecule has 2 heteroatoms. The fourth-order valence-corrected chi connectivity index (χ4v) is 2.46. The van der Waals surface area contributed by atoms with E-state index in [1.807, 2.05) is 0 Å². The number of aliphatic hydroxyl groups is 2. The van der Waals surface area contributed by atoms with Gasteiger partial charge in [0.05, 0.1) is 0 Å². The van der Waals surface area contributed by atoms with Crippen molar-refractivity contribution < 1.29 is 10.2 Å². The van der Waals surface area contributed by atoms with Gasteiger partial charge in [0.2, 0.25) is 0 Å². The first-order chi connectivity index (χ1) is 5.70. The zero-order valence-electron chi connectivity index (χ0n) is 8.03. The Morgan fingerprint density at radius 1 is 1.33 bits per heavy atom. The molecule has 0 spiro atoms. The second-order valence-electron chi connectivity index (χ2n) is 4.22. The van der Waals surface area contributed by atoms with Crippen molar-refractivity contribution in [2.75, 3.05) is 13.2 Å². The minimum Gasteiger partial charge on any atom is -0.396 e. The van der Waals surface area contributed by atoms with E-state index in [9.17, 15) is 0 Å². The van der Waals surface area contributed by atoms with Crippen LogP contribution in [0.3, 0.4) is 0 Å². The summed E-state index contributed by atoms with van der Waals surface area (Å²) in [5, 5.41) is 18.2. The van der Waals surface area contributed by atoms with Crippen LogP contribution in [-0.2, 0) is 0 Å². The summed E-state index contributed by atoms with van der Waals surface area (Å²) in [7, 11) is 0. The second-order valence-corrected chi connectivity index (χ2v) is 4.22. The monoisotopic (exact) mass is 172 g/mol. The van der Waals surface area contributed by atoms with Crippen LogP contribution in [0.25, 0.3) is 0 Å². The summed E-state index contributed by atoms with van der Waals surface area (Å²) < 4.78 is 0. The zero-order chi connectivity index (χ0) is 9.14. The van der Waals surface area contributed by atoms with Crippen LogP contribution in [0.5, 0.6) is 0 Å². The summed E-state index contributed by atoms with van der Waals surface area (Å²) in [5.41, 5.74) is 0. The van der Waals surface area contributed by atoms with E-state index in [0.29, 0.717) is 23.7 Å². The lowest BCUT2D eigenvalue weighted by Crippen LogP contribution is -2.24. The van der Waals surface area contributed by atoms with E-state index in [1.54, 1.807) is 0 Å². The first kappa shape index (κ1) is 10.0. The van der Waals surface area contributed by atoms with Crippen LogP contribution in [0.2, 0.25) is 0 Å².